The van der Waals surface area contributed by atoms with Crippen LogP contribution in [-0.4, -0.2) is 78.0 Å². The average Bonchev–Trinajstić information content (AvgIpc) is 3.79. The molecule has 0 radical (unpaired) electrons. The third-order valence-electron chi connectivity index (χ3n) is 7.62. The molecule has 2 aromatic rings. The van der Waals surface area contributed by atoms with E-state index in [2.05, 4.69) is 5.32 Å². The van der Waals surface area contributed by atoms with Gasteiger partial charge in [0.15, 0.2) is 11.6 Å². The van der Waals surface area contributed by atoms with E-state index in [1.54, 1.807) is 30.2 Å². The summed E-state index contributed by atoms with van der Waals surface area (Å²) in [4.78, 5) is 52.4. The molecular weight excluding hydrogens is 566 g/mol. The lowest BCUT2D eigenvalue weighted by Crippen LogP contribution is -2.47. The highest BCUT2D eigenvalue weighted by molar-refractivity contribution is 5.97. The first kappa shape index (κ1) is 31.8. The molecule has 2 heterocycles. The van der Waals surface area contributed by atoms with Gasteiger partial charge in [0.2, 0.25) is 11.3 Å². The predicted octanol–water partition coefficient (Wildman–Crippen LogP) is 4.38. The number of benzene rings is 1. The number of methoxy groups -OCH3 is 1. The first-order valence-corrected chi connectivity index (χ1v) is 14.2. The summed E-state index contributed by atoms with van der Waals surface area (Å²) in [7, 11) is 2.76. The van der Waals surface area contributed by atoms with Gasteiger partial charge < -0.3 is 29.4 Å². The normalized spacial score (nSPS) is 17.3. The van der Waals surface area contributed by atoms with Crippen LogP contribution in [0.4, 0.5) is 19.3 Å². The maximum absolute atomic E-state index is 15.7. The van der Waals surface area contributed by atoms with Crippen LogP contribution in [0.15, 0.2) is 28.5 Å². The van der Waals surface area contributed by atoms with Gasteiger partial charge in [-0.15, -0.1) is 0 Å². The van der Waals surface area contributed by atoms with Gasteiger partial charge in [-0.3, -0.25) is 14.5 Å². The Hall–Kier alpha value is -4.16. The third-order valence-corrected chi connectivity index (χ3v) is 7.62. The number of nitrogens with one attached hydrogen (secondary N) is 1. The Morgan fingerprint density at radius 3 is 2.51 bits per heavy atom. The van der Waals surface area contributed by atoms with E-state index >= 15 is 8.78 Å². The van der Waals surface area contributed by atoms with E-state index in [0.717, 1.165) is 23.8 Å². The van der Waals surface area contributed by atoms with Crippen molar-refractivity contribution in [3.8, 4) is 5.75 Å². The molecule has 2 fully saturated rings. The molecule has 1 aliphatic carbocycles. The molecule has 11 nitrogen and oxygen atoms in total. The number of aromatic nitrogens is 1. The number of pyridine rings is 1. The number of carbonyl (C=O) groups excluding carboxylic acids is 2. The van der Waals surface area contributed by atoms with Gasteiger partial charge in [0.1, 0.15) is 28.7 Å². The number of amides is 2. The number of rotatable bonds is 8. The molecule has 0 bridgehead atoms. The molecule has 1 aromatic heterocycles. The van der Waals surface area contributed by atoms with Crippen LogP contribution in [0, 0.1) is 5.82 Å². The smallest absolute Gasteiger partial charge is 0.410 e. The van der Waals surface area contributed by atoms with Crippen molar-refractivity contribution in [1.82, 2.24) is 14.8 Å². The Kier molecular flexibility index (Phi) is 9.02. The summed E-state index contributed by atoms with van der Waals surface area (Å²) in [5, 5.41) is 12.0. The zero-order valence-electron chi connectivity index (χ0n) is 25.3. The van der Waals surface area contributed by atoms with Gasteiger partial charge in [-0.2, -0.15) is 0 Å². The Morgan fingerprint density at radius 2 is 1.93 bits per heavy atom. The number of nitrogens with zero attached hydrogens (tertiary/aromatic N) is 3. The molecule has 43 heavy (non-hydrogen) atoms. The van der Waals surface area contributed by atoms with Gasteiger partial charge in [-0.1, -0.05) is 0 Å². The molecular formula is C30H38F2N4O7. The number of fused-ring (bicyclic) bond motifs is 1. The monoisotopic (exact) mass is 604 g/mol. The molecule has 2 aliphatic rings. The standard InChI is InChI=1S/C30H38F2N4O7/c1-16(34(5)29(41)43-30(2,3)4)27(38)33-13-22(32)17-8-7-11-35(14-17)24-21(31)12-19-23(26(24)42-6)36(18-9-10-18)15-20(25(19)37)28(39)40/h12,15-16,18H,7-11,13-14H2,1-6H3,(H,33,38)(H,39,40)/t16-/m0/s1. The van der Waals surface area contributed by atoms with Gasteiger partial charge in [-0.25, -0.2) is 18.4 Å². The lowest BCUT2D eigenvalue weighted by molar-refractivity contribution is -0.125. The van der Waals surface area contributed by atoms with Crippen LogP contribution in [0.1, 0.15) is 69.8 Å². The quantitative estimate of drug-likeness (QED) is 0.454. The molecule has 2 N–H and O–H groups in total. The number of carboxylic acids is 1. The van der Waals surface area contributed by atoms with Crippen LogP contribution in [0.3, 0.4) is 0 Å². The van der Waals surface area contributed by atoms with Crippen molar-refractivity contribution in [1.29, 1.82) is 0 Å². The molecule has 13 heteroatoms. The van der Waals surface area contributed by atoms with Crippen molar-refractivity contribution in [2.45, 2.75) is 71.1 Å². The van der Waals surface area contributed by atoms with Gasteiger partial charge in [0, 0.05) is 32.4 Å². The number of halogens is 2. The van der Waals surface area contributed by atoms with E-state index in [0.29, 0.717) is 30.5 Å². The first-order valence-electron chi connectivity index (χ1n) is 14.2. The largest absolute Gasteiger partial charge is 0.492 e. The fourth-order valence-corrected chi connectivity index (χ4v) is 5.11. The predicted molar refractivity (Wildman–Crippen MR) is 156 cm³/mol. The highest BCUT2D eigenvalue weighted by Gasteiger charge is 2.33. The second-order valence-electron chi connectivity index (χ2n) is 12.0. The molecule has 0 unspecified atom stereocenters. The summed E-state index contributed by atoms with van der Waals surface area (Å²) >= 11 is 0. The molecule has 1 aliphatic heterocycles. The number of hydrogen-bond acceptors (Lipinski definition) is 7. The number of aromatic carboxylic acids is 1. The fraction of sp³-hybridized carbons (Fsp3) is 0.533. The summed E-state index contributed by atoms with van der Waals surface area (Å²) in [6.07, 6.45) is 3.01. The van der Waals surface area contributed by atoms with Crippen molar-refractivity contribution in [2.24, 2.45) is 0 Å². The third kappa shape index (κ3) is 6.75. The topological polar surface area (TPSA) is 130 Å². The van der Waals surface area contributed by atoms with E-state index in [-0.39, 0.29) is 29.4 Å². The van der Waals surface area contributed by atoms with Crippen molar-refractivity contribution < 1.29 is 37.7 Å². The lowest BCUT2D eigenvalue weighted by atomic mass is 10.0. The zero-order chi connectivity index (χ0) is 31.8. The SMILES string of the molecule is COc1c(N2CCCC(=C(F)CNC(=O)[C@H](C)N(C)C(=O)OC(C)(C)C)C2)c(F)cc2c(=O)c(C(=O)O)cn(C3CC3)c12. The number of carboxylic acid groups (broad SMARTS) is 1. The minimum atomic E-state index is -1.40. The first-order chi connectivity index (χ1) is 20.1. The highest BCUT2D eigenvalue weighted by Crippen LogP contribution is 2.44. The number of anilines is 1. The Bertz CT molecular complexity index is 1540. The number of piperidine rings is 1. The van der Waals surface area contributed by atoms with Crippen molar-refractivity contribution in [2.75, 3.05) is 38.7 Å². The highest BCUT2D eigenvalue weighted by atomic mass is 19.1. The molecule has 234 valence electrons. The second-order valence-corrected chi connectivity index (χ2v) is 12.0. The zero-order valence-corrected chi connectivity index (χ0v) is 25.3. The molecule has 1 aromatic carbocycles. The number of ether oxygens (including phenoxy) is 2. The van der Waals surface area contributed by atoms with Crippen molar-refractivity contribution in [3.05, 3.63) is 45.3 Å². The van der Waals surface area contributed by atoms with Crippen molar-refractivity contribution >= 4 is 34.6 Å². The van der Waals surface area contributed by atoms with E-state index in [1.807, 2.05) is 0 Å². The molecule has 1 saturated heterocycles. The van der Waals surface area contributed by atoms with Gasteiger partial charge in [0.25, 0.3) is 0 Å². The Balaban J connectivity index is 1.59. The fourth-order valence-electron chi connectivity index (χ4n) is 5.11. The van der Waals surface area contributed by atoms with E-state index < -0.39 is 58.8 Å². The Morgan fingerprint density at radius 1 is 1.26 bits per heavy atom. The second kappa shape index (κ2) is 12.2. The minimum Gasteiger partial charge on any atom is -0.492 e. The maximum Gasteiger partial charge on any atom is 0.410 e. The summed E-state index contributed by atoms with van der Waals surface area (Å²) in [5.41, 5.74) is -1.29. The summed E-state index contributed by atoms with van der Waals surface area (Å²) < 4.78 is 43.7. The summed E-state index contributed by atoms with van der Waals surface area (Å²) in [5.74, 6) is -3.27. The van der Waals surface area contributed by atoms with Crippen LogP contribution in [0.25, 0.3) is 10.9 Å². The maximum atomic E-state index is 15.7. The number of carbonyl (C=O) groups is 3. The van der Waals surface area contributed by atoms with Crippen LogP contribution in [0.5, 0.6) is 5.75 Å². The lowest BCUT2D eigenvalue weighted by Gasteiger charge is -2.33. The molecule has 1 saturated carbocycles. The molecule has 0 spiro atoms. The van der Waals surface area contributed by atoms with Crippen LogP contribution < -0.4 is 20.4 Å². The average molecular weight is 605 g/mol. The van der Waals surface area contributed by atoms with Crippen LogP contribution >= 0.6 is 0 Å². The summed E-state index contributed by atoms with van der Waals surface area (Å²) in [6, 6.07) is 0.0537. The minimum absolute atomic E-state index is 0.00866. The van der Waals surface area contributed by atoms with Crippen LogP contribution in [-0.2, 0) is 9.53 Å². The van der Waals surface area contributed by atoms with Crippen molar-refractivity contribution in [3.63, 3.8) is 0 Å². The van der Waals surface area contributed by atoms with Crippen LogP contribution in [0.2, 0.25) is 0 Å². The molecule has 4 rings (SSSR count). The van der Waals surface area contributed by atoms with E-state index in [4.69, 9.17) is 9.47 Å². The number of hydrogen-bond donors (Lipinski definition) is 2. The molecule has 2 amide bonds. The van der Waals surface area contributed by atoms with Gasteiger partial charge >= 0.3 is 12.1 Å². The van der Waals surface area contributed by atoms with Gasteiger partial charge in [-0.05, 0) is 65.0 Å². The molecule has 1 atom stereocenters. The van der Waals surface area contributed by atoms with E-state index in [1.165, 1.54) is 27.3 Å². The summed E-state index contributed by atoms with van der Waals surface area (Å²) in [6.45, 7) is 6.60. The number of likely N-dealkylation sites (N-methyl/N-ethyl adjacent to an activating group) is 1. The van der Waals surface area contributed by atoms with Gasteiger partial charge in [0.05, 0.1) is 24.6 Å². The van der Waals surface area contributed by atoms with E-state index in [9.17, 15) is 24.3 Å². The Labute approximate surface area is 248 Å².